The summed E-state index contributed by atoms with van der Waals surface area (Å²) in [6, 6.07) is 6.06. The topological polar surface area (TPSA) is 48.2 Å². The minimum absolute atomic E-state index is 0. The van der Waals surface area contributed by atoms with Gasteiger partial charge < -0.3 is 4.24 Å². The average molecular weight is 309 g/mol. The number of hydrogen-bond acceptors (Lipinski definition) is 2. The van der Waals surface area contributed by atoms with E-state index in [0.29, 0.717) is 0 Å². The van der Waals surface area contributed by atoms with Crippen molar-refractivity contribution in [1.82, 2.24) is 0 Å². The summed E-state index contributed by atoms with van der Waals surface area (Å²) < 4.78 is 25.5. The Morgan fingerprint density at radius 3 is 2.08 bits per heavy atom. The number of benzene rings is 1. The van der Waals surface area contributed by atoms with Crippen molar-refractivity contribution >= 4 is 37.7 Å². The Morgan fingerprint density at radius 2 is 1.69 bits per heavy atom. The molecule has 7 heteroatoms. The molecule has 1 aromatic rings. The van der Waals surface area contributed by atoms with E-state index in [-0.39, 0.29) is 56.3 Å². The summed E-state index contributed by atoms with van der Waals surface area (Å²) in [5, 5.41) is 0. The van der Waals surface area contributed by atoms with Crippen LogP contribution < -0.4 is 51.4 Å². The van der Waals surface area contributed by atoms with Crippen molar-refractivity contribution in [2.24, 2.45) is 0 Å². The zero-order valence-electron chi connectivity index (χ0n) is 6.74. The third-order valence-electron chi connectivity index (χ3n) is 1.20. The Balaban J connectivity index is 0.00000144. The van der Waals surface area contributed by atoms with Crippen LogP contribution in [0.1, 0.15) is 0 Å². The summed E-state index contributed by atoms with van der Waals surface area (Å²) in [6.07, 6.45) is 0. The standard InChI is InChI=1S/C6H4BrClNO2S.K/c7-5-1-3-6(4-2-5)12(10,11)9-8;/h1-4H;/q-1;+1. The van der Waals surface area contributed by atoms with Crippen molar-refractivity contribution in [1.29, 1.82) is 0 Å². The van der Waals surface area contributed by atoms with Gasteiger partial charge in [-0.05, 0) is 24.3 Å². The van der Waals surface area contributed by atoms with E-state index in [0.717, 1.165) is 4.47 Å². The molecule has 13 heavy (non-hydrogen) atoms. The zero-order valence-corrected chi connectivity index (χ0v) is 13.0. The number of sulfonamides is 1. The van der Waals surface area contributed by atoms with Gasteiger partial charge in [0.25, 0.3) is 0 Å². The van der Waals surface area contributed by atoms with Gasteiger partial charge in [0.2, 0.25) is 0 Å². The van der Waals surface area contributed by atoms with Gasteiger partial charge in [0.05, 0.1) is 0 Å². The van der Waals surface area contributed by atoms with Gasteiger partial charge >= 0.3 is 51.4 Å². The first-order valence-electron chi connectivity index (χ1n) is 2.90. The first-order chi connectivity index (χ1) is 5.56. The van der Waals surface area contributed by atoms with Gasteiger partial charge in [0.1, 0.15) is 10.0 Å². The minimum Gasteiger partial charge on any atom is -0.458 e. The maximum Gasteiger partial charge on any atom is 1.00 e. The van der Waals surface area contributed by atoms with Crippen LogP contribution >= 0.6 is 27.7 Å². The van der Waals surface area contributed by atoms with E-state index in [1.54, 1.807) is 12.1 Å². The summed E-state index contributed by atoms with van der Waals surface area (Å²) >= 11 is 8.07. The van der Waals surface area contributed by atoms with E-state index in [9.17, 15) is 8.42 Å². The molecule has 1 aromatic carbocycles. The molecule has 0 heterocycles. The Bertz CT molecular complexity index is 367. The number of nitrogens with zero attached hydrogens (tertiary/aromatic N) is 1. The Kier molecular flexibility index (Phi) is 6.92. The van der Waals surface area contributed by atoms with Gasteiger partial charge in [0, 0.05) is 9.37 Å². The summed E-state index contributed by atoms with van der Waals surface area (Å²) in [7, 11) is -3.65. The van der Waals surface area contributed by atoms with Crippen molar-refractivity contribution in [3.05, 3.63) is 33.0 Å². The number of rotatable bonds is 2. The summed E-state index contributed by atoms with van der Waals surface area (Å²) in [4.78, 5) is 0.0840. The molecule has 0 radical (unpaired) electrons. The largest absolute Gasteiger partial charge is 1.00 e. The Labute approximate surface area is 133 Å². The third kappa shape index (κ3) is 4.27. The van der Waals surface area contributed by atoms with Crippen molar-refractivity contribution in [3.63, 3.8) is 0 Å². The molecule has 0 aliphatic heterocycles. The van der Waals surface area contributed by atoms with Gasteiger partial charge in [-0.3, -0.25) is 11.8 Å². The van der Waals surface area contributed by atoms with E-state index in [1.165, 1.54) is 12.1 Å². The van der Waals surface area contributed by atoms with E-state index in [1.807, 2.05) is 0 Å². The average Bonchev–Trinajstić information content (AvgIpc) is 2.05. The smallest absolute Gasteiger partial charge is 0.458 e. The van der Waals surface area contributed by atoms with Gasteiger partial charge in [0.15, 0.2) is 0 Å². The summed E-state index contributed by atoms with van der Waals surface area (Å²) in [6.45, 7) is 0. The quantitative estimate of drug-likeness (QED) is 0.703. The van der Waals surface area contributed by atoms with Crippen LogP contribution in [0.25, 0.3) is 4.24 Å². The molecule has 0 atom stereocenters. The van der Waals surface area contributed by atoms with E-state index < -0.39 is 10.0 Å². The normalized spacial score (nSPS) is 10.6. The van der Waals surface area contributed by atoms with Crippen LogP contribution in [0.5, 0.6) is 0 Å². The molecule has 1 rings (SSSR count). The zero-order chi connectivity index (χ0) is 9.19. The Hall–Kier alpha value is 1.54. The van der Waals surface area contributed by atoms with Crippen molar-refractivity contribution in [2.45, 2.75) is 4.90 Å². The van der Waals surface area contributed by atoms with Gasteiger partial charge in [-0.2, -0.15) is 0 Å². The second-order valence-electron chi connectivity index (χ2n) is 2.00. The van der Waals surface area contributed by atoms with Crippen LogP contribution in [0, 0.1) is 0 Å². The molecule has 0 N–H and O–H groups in total. The second kappa shape index (κ2) is 6.19. The molecule has 0 bridgehead atoms. The third-order valence-corrected chi connectivity index (χ3v) is 3.33. The van der Waals surface area contributed by atoms with Gasteiger partial charge in [-0.15, -0.1) is 0 Å². The molecular weight excluding hydrogens is 305 g/mol. The van der Waals surface area contributed by atoms with Crippen LogP contribution in [-0.4, -0.2) is 8.42 Å². The monoisotopic (exact) mass is 307 g/mol. The maximum absolute atomic E-state index is 11.0. The second-order valence-corrected chi connectivity index (χ2v) is 4.89. The molecule has 0 amide bonds. The predicted octanol–water partition coefficient (Wildman–Crippen LogP) is -0.331. The molecule has 0 aliphatic rings. The van der Waals surface area contributed by atoms with Crippen LogP contribution in [0.4, 0.5) is 0 Å². The Morgan fingerprint density at radius 1 is 1.23 bits per heavy atom. The molecule has 66 valence electrons. The van der Waals surface area contributed by atoms with E-state index >= 15 is 0 Å². The van der Waals surface area contributed by atoms with Crippen LogP contribution in [-0.2, 0) is 10.0 Å². The fraction of sp³-hybridized carbons (Fsp3) is 0. The summed E-state index contributed by atoms with van der Waals surface area (Å²) in [5.41, 5.74) is 0. The minimum atomic E-state index is -3.65. The molecule has 0 saturated carbocycles. The van der Waals surface area contributed by atoms with Crippen molar-refractivity contribution in [2.75, 3.05) is 0 Å². The van der Waals surface area contributed by atoms with E-state index in [2.05, 4.69) is 20.2 Å². The van der Waals surface area contributed by atoms with E-state index in [4.69, 9.17) is 11.8 Å². The molecule has 0 aliphatic carbocycles. The molecule has 0 saturated heterocycles. The molecule has 0 spiro atoms. The van der Waals surface area contributed by atoms with Crippen LogP contribution in [0.15, 0.2) is 33.6 Å². The predicted molar refractivity (Wildman–Crippen MR) is 50.5 cm³/mol. The number of halogens is 2. The van der Waals surface area contributed by atoms with Crippen LogP contribution in [0.3, 0.4) is 0 Å². The van der Waals surface area contributed by atoms with Crippen molar-refractivity contribution < 1.29 is 59.8 Å². The first kappa shape index (κ1) is 14.5. The fourth-order valence-electron chi connectivity index (χ4n) is 0.646. The first-order valence-corrected chi connectivity index (χ1v) is 5.47. The number of hydrogen-bond donors (Lipinski definition) is 0. The van der Waals surface area contributed by atoms with Crippen LogP contribution in [0.2, 0.25) is 0 Å². The van der Waals surface area contributed by atoms with Crippen molar-refractivity contribution in [3.8, 4) is 0 Å². The SMILES string of the molecule is O=S(=O)([N-]Cl)c1ccc(Br)cc1.[K+]. The molecule has 0 fully saturated rings. The molecule has 0 unspecified atom stereocenters. The van der Waals surface area contributed by atoms with Gasteiger partial charge in [-0.25, -0.2) is 8.42 Å². The molecule has 0 aromatic heterocycles. The molecular formula is C6H4BrClKNO2S. The van der Waals surface area contributed by atoms with Gasteiger partial charge in [-0.1, -0.05) is 15.9 Å². The maximum atomic E-state index is 11.0. The summed E-state index contributed by atoms with van der Waals surface area (Å²) in [5.74, 6) is 0. The molecule has 3 nitrogen and oxygen atoms in total. The fourth-order valence-corrected chi connectivity index (χ4v) is 1.71.